The summed E-state index contributed by atoms with van der Waals surface area (Å²) >= 11 is 0. The number of oxime groups is 1. The molecule has 1 aromatic rings. The first kappa shape index (κ1) is 8.04. The maximum Gasteiger partial charge on any atom is 0.126 e. The molecule has 0 atom stereocenters. The Bertz CT molecular complexity index is 303. The molecule has 1 aliphatic carbocycles. The van der Waals surface area contributed by atoms with Crippen LogP contribution in [0.3, 0.4) is 0 Å². The molecule has 0 saturated heterocycles. The molecular weight excluding hydrogens is 166 g/mol. The van der Waals surface area contributed by atoms with E-state index in [0.717, 1.165) is 11.4 Å². The highest BCUT2D eigenvalue weighted by atomic mass is 16.4. The molecule has 0 unspecified atom stereocenters. The summed E-state index contributed by atoms with van der Waals surface area (Å²) in [6.07, 6.45) is 5.50. The summed E-state index contributed by atoms with van der Waals surface area (Å²) in [5, 5.41) is 14.5. The second-order valence-corrected chi connectivity index (χ2v) is 3.14. The fourth-order valence-corrected chi connectivity index (χ4v) is 1.07. The third-order valence-electron chi connectivity index (χ3n) is 1.92. The fraction of sp³-hybridized carbons (Fsp3) is 0.333. The highest BCUT2D eigenvalue weighted by Gasteiger charge is 2.20. The van der Waals surface area contributed by atoms with E-state index in [1.807, 2.05) is 12.1 Å². The number of rotatable bonds is 3. The van der Waals surface area contributed by atoms with Gasteiger partial charge in [0.05, 0.1) is 6.21 Å². The minimum Gasteiger partial charge on any atom is -0.411 e. The lowest BCUT2D eigenvalue weighted by Gasteiger charge is -2.01. The van der Waals surface area contributed by atoms with Crippen LogP contribution < -0.4 is 5.32 Å². The van der Waals surface area contributed by atoms with Gasteiger partial charge in [0, 0.05) is 17.8 Å². The second kappa shape index (κ2) is 3.43. The molecule has 1 fully saturated rings. The summed E-state index contributed by atoms with van der Waals surface area (Å²) < 4.78 is 0. The van der Waals surface area contributed by atoms with Crippen molar-refractivity contribution in [1.82, 2.24) is 4.98 Å². The van der Waals surface area contributed by atoms with E-state index in [9.17, 15) is 0 Å². The van der Waals surface area contributed by atoms with Gasteiger partial charge in [-0.25, -0.2) is 4.98 Å². The predicted octanol–water partition coefficient (Wildman–Crippen LogP) is 1.46. The zero-order valence-electron chi connectivity index (χ0n) is 7.14. The zero-order valence-corrected chi connectivity index (χ0v) is 7.14. The molecule has 1 heterocycles. The number of hydrogen-bond acceptors (Lipinski definition) is 4. The fourth-order valence-electron chi connectivity index (χ4n) is 1.07. The van der Waals surface area contributed by atoms with Crippen molar-refractivity contribution >= 4 is 12.0 Å². The monoisotopic (exact) mass is 177 g/mol. The van der Waals surface area contributed by atoms with Crippen LogP contribution in [0.5, 0.6) is 0 Å². The van der Waals surface area contributed by atoms with Gasteiger partial charge in [0.15, 0.2) is 0 Å². The van der Waals surface area contributed by atoms with Gasteiger partial charge < -0.3 is 10.5 Å². The summed E-state index contributed by atoms with van der Waals surface area (Å²) in [5.41, 5.74) is 0.795. The average Bonchev–Trinajstić information content (AvgIpc) is 2.93. The van der Waals surface area contributed by atoms with E-state index in [4.69, 9.17) is 5.21 Å². The van der Waals surface area contributed by atoms with Gasteiger partial charge in [-0.3, -0.25) is 0 Å². The molecular formula is C9H11N3O. The molecule has 13 heavy (non-hydrogen) atoms. The van der Waals surface area contributed by atoms with E-state index in [-0.39, 0.29) is 0 Å². The van der Waals surface area contributed by atoms with E-state index in [0.29, 0.717) is 6.04 Å². The van der Waals surface area contributed by atoms with Crippen molar-refractivity contribution in [1.29, 1.82) is 0 Å². The Kier molecular flexibility index (Phi) is 2.12. The van der Waals surface area contributed by atoms with Crippen LogP contribution in [-0.4, -0.2) is 22.4 Å². The minimum atomic E-state index is 0.616. The maximum atomic E-state index is 8.27. The minimum absolute atomic E-state index is 0.616. The molecule has 2 N–H and O–H groups in total. The van der Waals surface area contributed by atoms with Crippen LogP contribution >= 0.6 is 0 Å². The van der Waals surface area contributed by atoms with Crippen LogP contribution in [0.2, 0.25) is 0 Å². The van der Waals surface area contributed by atoms with E-state index in [2.05, 4.69) is 15.5 Å². The first-order valence-corrected chi connectivity index (χ1v) is 4.28. The third-order valence-corrected chi connectivity index (χ3v) is 1.92. The highest BCUT2D eigenvalue weighted by Crippen LogP contribution is 2.23. The molecule has 0 aromatic carbocycles. The summed E-state index contributed by atoms with van der Waals surface area (Å²) in [4.78, 5) is 4.16. The summed E-state index contributed by atoms with van der Waals surface area (Å²) in [5.74, 6) is 0.887. The van der Waals surface area contributed by atoms with Crippen molar-refractivity contribution in [3.05, 3.63) is 23.9 Å². The summed E-state index contributed by atoms with van der Waals surface area (Å²) in [6.45, 7) is 0. The van der Waals surface area contributed by atoms with Gasteiger partial charge in [-0.15, -0.1) is 0 Å². The van der Waals surface area contributed by atoms with Crippen LogP contribution in [0.15, 0.2) is 23.5 Å². The van der Waals surface area contributed by atoms with Crippen LogP contribution in [0.4, 0.5) is 5.82 Å². The van der Waals surface area contributed by atoms with E-state index in [1.165, 1.54) is 19.1 Å². The zero-order chi connectivity index (χ0) is 9.10. The lowest BCUT2D eigenvalue weighted by Crippen LogP contribution is -2.02. The van der Waals surface area contributed by atoms with Crippen molar-refractivity contribution in [3.63, 3.8) is 0 Å². The van der Waals surface area contributed by atoms with Gasteiger partial charge in [-0.05, 0) is 25.0 Å². The number of anilines is 1. The Morgan fingerprint density at radius 3 is 2.92 bits per heavy atom. The Morgan fingerprint density at radius 1 is 1.54 bits per heavy atom. The maximum absolute atomic E-state index is 8.27. The van der Waals surface area contributed by atoms with E-state index in [1.54, 1.807) is 6.20 Å². The molecule has 68 valence electrons. The largest absolute Gasteiger partial charge is 0.411 e. The van der Waals surface area contributed by atoms with Gasteiger partial charge in [0.25, 0.3) is 0 Å². The van der Waals surface area contributed by atoms with Crippen molar-refractivity contribution in [2.75, 3.05) is 5.32 Å². The second-order valence-electron chi connectivity index (χ2n) is 3.14. The first-order valence-electron chi connectivity index (χ1n) is 4.28. The molecule has 0 amide bonds. The predicted molar refractivity (Wildman–Crippen MR) is 50.3 cm³/mol. The number of aromatic nitrogens is 1. The molecule has 4 nitrogen and oxygen atoms in total. The van der Waals surface area contributed by atoms with Gasteiger partial charge in [-0.1, -0.05) is 5.16 Å². The van der Waals surface area contributed by atoms with Crippen LogP contribution in [0.1, 0.15) is 18.4 Å². The normalized spacial score (nSPS) is 16.3. The molecule has 0 radical (unpaired) electrons. The Labute approximate surface area is 76.3 Å². The molecule has 2 rings (SSSR count). The van der Waals surface area contributed by atoms with Crippen LogP contribution in [0.25, 0.3) is 0 Å². The Balaban J connectivity index is 2.03. The molecule has 1 aromatic heterocycles. The lowest BCUT2D eigenvalue weighted by atomic mass is 10.3. The van der Waals surface area contributed by atoms with Gasteiger partial charge in [0.2, 0.25) is 0 Å². The third kappa shape index (κ3) is 2.18. The molecule has 0 bridgehead atoms. The first-order chi connectivity index (χ1) is 6.38. The molecule has 4 heteroatoms. The van der Waals surface area contributed by atoms with E-state index < -0.39 is 0 Å². The Hall–Kier alpha value is -1.58. The van der Waals surface area contributed by atoms with E-state index >= 15 is 0 Å². The number of hydrogen-bond donors (Lipinski definition) is 2. The molecule has 0 aliphatic heterocycles. The average molecular weight is 177 g/mol. The van der Waals surface area contributed by atoms with Crippen LogP contribution in [-0.2, 0) is 0 Å². The van der Waals surface area contributed by atoms with Crippen molar-refractivity contribution in [3.8, 4) is 0 Å². The quantitative estimate of drug-likeness (QED) is 0.417. The molecule has 0 spiro atoms. The number of nitrogens with one attached hydrogen (secondary N) is 1. The van der Waals surface area contributed by atoms with Crippen LogP contribution in [0, 0.1) is 0 Å². The SMILES string of the molecule is ON=Cc1ccc(NC2CC2)nc1. The smallest absolute Gasteiger partial charge is 0.126 e. The number of nitrogens with zero attached hydrogens (tertiary/aromatic N) is 2. The molecule has 1 saturated carbocycles. The standard InChI is InChI=1S/C9H11N3O/c13-11-6-7-1-4-9(10-5-7)12-8-2-3-8/h1,4-6,8,13H,2-3H2,(H,10,12). The summed E-state index contributed by atoms with van der Waals surface area (Å²) in [7, 11) is 0. The number of pyridine rings is 1. The van der Waals surface area contributed by atoms with Crippen molar-refractivity contribution in [2.24, 2.45) is 5.16 Å². The lowest BCUT2D eigenvalue weighted by molar-refractivity contribution is 0.322. The highest BCUT2D eigenvalue weighted by molar-refractivity contribution is 5.78. The van der Waals surface area contributed by atoms with Gasteiger partial charge in [-0.2, -0.15) is 0 Å². The summed E-state index contributed by atoms with van der Waals surface area (Å²) in [6, 6.07) is 4.36. The molecule has 1 aliphatic rings. The van der Waals surface area contributed by atoms with Gasteiger partial charge >= 0.3 is 0 Å². The van der Waals surface area contributed by atoms with Gasteiger partial charge in [0.1, 0.15) is 5.82 Å². The topological polar surface area (TPSA) is 57.5 Å². The van der Waals surface area contributed by atoms with Crippen molar-refractivity contribution < 1.29 is 5.21 Å². The van der Waals surface area contributed by atoms with Crippen molar-refractivity contribution in [2.45, 2.75) is 18.9 Å². The Morgan fingerprint density at radius 2 is 2.38 bits per heavy atom.